The van der Waals surface area contributed by atoms with Crippen LogP contribution >= 0.6 is 0 Å². The Labute approximate surface area is 123 Å². The zero-order chi connectivity index (χ0) is 12.5. The number of hydrogen-bond acceptors (Lipinski definition) is 0. The van der Waals surface area contributed by atoms with E-state index in [1.54, 1.807) is 0 Å². The molecule has 0 spiro atoms. The number of benzene rings is 3. The van der Waals surface area contributed by atoms with Gasteiger partial charge in [-0.15, -0.1) is 0 Å². The molecular formula is C20H26. The normalized spacial score (nSPS) is 11.7. The fraction of sp³-hybridized carbons (Fsp3) is 0.300. The van der Waals surface area contributed by atoms with E-state index in [4.69, 9.17) is 0 Å². The van der Waals surface area contributed by atoms with E-state index in [-0.39, 0.29) is 14.9 Å². The molecule has 0 saturated carbocycles. The summed E-state index contributed by atoms with van der Waals surface area (Å²) in [5.41, 5.74) is 1.51. The zero-order valence-corrected chi connectivity index (χ0v) is 11.0. The molecule has 0 amide bonds. The van der Waals surface area contributed by atoms with E-state index in [1.807, 2.05) is 0 Å². The van der Waals surface area contributed by atoms with E-state index in [0.717, 1.165) is 0 Å². The van der Waals surface area contributed by atoms with E-state index in [2.05, 4.69) is 68.4 Å². The minimum Gasteiger partial charge on any atom is -0.0776 e. The standard InChI is InChI=1S/C18H18.2CH4/c1-3-13(2)18-16-10-6-4-8-14(16)12-15-9-5-7-11-17(15)18;;/h4-13H,3H2,1-2H3;2*1H4. The van der Waals surface area contributed by atoms with Crippen molar-refractivity contribution in [2.24, 2.45) is 0 Å². The molecular weight excluding hydrogens is 240 g/mol. The molecule has 1 unspecified atom stereocenters. The maximum absolute atomic E-state index is 2.33. The maximum Gasteiger partial charge on any atom is -0.0143 e. The summed E-state index contributed by atoms with van der Waals surface area (Å²) >= 11 is 0. The van der Waals surface area contributed by atoms with Gasteiger partial charge in [-0.05, 0) is 45.5 Å². The molecule has 3 rings (SSSR count). The summed E-state index contributed by atoms with van der Waals surface area (Å²) in [5, 5.41) is 5.52. The Balaban J connectivity index is 0.000001000. The first-order valence-electron chi connectivity index (χ1n) is 6.71. The van der Waals surface area contributed by atoms with Crippen LogP contribution in [-0.4, -0.2) is 0 Å². The summed E-state index contributed by atoms with van der Waals surface area (Å²) in [6.45, 7) is 4.59. The average molecular weight is 266 g/mol. The van der Waals surface area contributed by atoms with Gasteiger partial charge in [0.2, 0.25) is 0 Å². The van der Waals surface area contributed by atoms with Crippen LogP contribution in [0, 0.1) is 0 Å². The van der Waals surface area contributed by atoms with Crippen LogP contribution in [0.3, 0.4) is 0 Å². The fourth-order valence-electron chi connectivity index (χ4n) is 2.78. The highest BCUT2D eigenvalue weighted by Crippen LogP contribution is 2.34. The third-order valence-electron chi connectivity index (χ3n) is 3.92. The second-order valence-corrected chi connectivity index (χ2v) is 5.04. The molecule has 0 heterocycles. The Kier molecular flexibility index (Phi) is 5.33. The summed E-state index contributed by atoms with van der Waals surface area (Å²) < 4.78 is 0. The quantitative estimate of drug-likeness (QED) is 0.448. The number of fused-ring (bicyclic) bond motifs is 2. The number of rotatable bonds is 2. The molecule has 0 aliphatic heterocycles. The van der Waals surface area contributed by atoms with Crippen molar-refractivity contribution >= 4 is 21.5 Å². The van der Waals surface area contributed by atoms with Gasteiger partial charge in [-0.25, -0.2) is 0 Å². The van der Waals surface area contributed by atoms with Crippen molar-refractivity contribution < 1.29 is 0 Å². The molecule has 106 valence electrons. The summed E-state index contributed by atoms with van der Waals surface area (Å²) in [5.74, 6) is 0.598. The first-order valence-corrected chi connectivity index (χ1v) is 6.71. The Bertz CT molecular complexity index is 641. The third kappa shape index (κ3) is 2.56. The zero-order valence-electron chi connectivity index (χ0n) is 11.0. The largest absolute Gasteiger partial charge is 0.0776 e. The number of hydrogen-bond donors (Lipinski definition) is 0. The molecule has 0 heteroatoms. The van der Waals surface area contributed by atoms with Crippen molar-refractivity contribution in [3.63, 3.8) is 0 Å². The van der Waals surface area contributed by atoms with Gasteiger partial charge in [-0.1, -0.05) is 77.2 Å². The lowest BCUT2D eigenvalue weighted by atomic mass is 9.88. The van der Waals surface area contributed by atoms with Crippen LogP contribution in [0.15, 0.2) is 54.6 Å². The predicted octanol–water partition coefficient (Wildman–Crippen LogP) is 6.78. The first kappa shape index (κ1) is 16.2. The Hall–Kier alpha value is -1.82. The molecule has 1 atom stereocenters. The third-order valence-corrected chi connectivity index (χ3v) is 3.92. The molecule has 0 radical (unpaired) electrons. The van der Waals surface area contributed by atoms with Gasteiger partial charge in [0, 0.05) is 0 Å². The lowest BCUT2D eigenvalue weighted by Crippen LogP contribution is -1.95. The fourth-order valence-corrected chi connectivity index (χ4v) is 2.78. The second-order valence-electron chi connectivity index (χ2n) is 5.04. The highest BCUT2D eigenvalue weighted by Gasteiger charge is 2.11. The van der Waals surface area contributed by atoms with Crippen LogP contribution in [0.4, 0.5) is 0 Å². The summed E-state index contributed by atoms with van der Waals surface area (Å²) in [6, 6.07) is 19.8. The van der Waals surface area contributed by atoms with Crippen molar-refractivity contribution in [2.75, 3.05) is 0 Å². The van der Waals surface area contributed by atoms with Crippen LogP contribution in [0.5, 0.6) is 0 Å². The molecule has 0 nitrogen and oxygen atoms in total. The van der Waals surface area contributed by atoms with Crippen LogP contribution in [0.1, 0.15) is 46.6 Å². The molecule has 3 aromatic rings. The van der Waals surface area contributed by atoms with Gasteiger partial charge >= 0.3 is 0 Å². The van der Waals surface area contributed by atoms with Gasteiger partial charge in [-0.3, -0.25) is 0 Å². The summed E-state index contributed by atoms with van der Waals surface area (Å²) in [6.07, 6.45) is 1.18. The molecule has 0 bridgehead atoms. The lowest BCUT2D eigenvalue weighted by Gasteiger charge is -2.16. The van der Waals surface area contributed by atoms with Crippen LogP contribution in [-0.2, 0) is 0 Å². The van der Waals surface area contributed by atoms with Gasteiger partial charge in [0.1, 0.15) is 0 Å². The molecule has 3 aromatic carbocycles. The SMILES string of the molecule is C.C.CCC(C)c1c2ccccc2cc2ccccc12. The highest BCUT2D eigenvalue weighted by atomic mass is 14.2. The van der Waals surface area contributed by atoms with E-state index >= 15 is 0 Å². The van der Waals surface area contributed by atoms with E-state index < -0.39 is 0 Å². The molecule has 0 aliphatic carbocycles. The molecule has 0 N–H and O–H groups in total. The topological polar surface area (TPSA) is 0 Å². The van der Waals surface area contributed by atoms with Crippen LogP contribution < -0.4 is 0 Å². The summed E-state index contributed by atoms with van der Waals surface area (Å²) in [7, 11) is 0. The molecule has 0 aliphatic rings. The van der Waals surface area contributed by atoms with Crippen molar-refractivity contribution in [1.82, 2.24) is 0 Å². The van der Waals surface area contributed by atoms with E-state index in [0.29, 0.717) is 5.92 Å². The van der Waals surface area contributed by atoms with Crippen LogP contribution in [0.2, 0.25) is 0 Å². The van der Waals surface area contributed by atoms with Crippen molar-refractivity contribution in [3.05, 3.63) is 60.2 Å². The van der Waals surface area contributed by atoms with Crippen molar-refractivity contribution in [2.45, 2.75) is 41.0 Å². The highest BCUT2D eigenvalue weighted by molar-refractivity contribution is 6.02. The molecule has 0 saturated heterocycles. The van der Waals surface area contributed by atoms with Gasteiger partial charge < -0.3 is 0 Å². The summed E-state index contributed by atoms with van der Waals surface area (Å²) in [4.78, 5) is 0. The van der Waals surface area contributed by atoms with Crippen molar-refractivity contribution in [1.29, 1.82) is 0 Å². The smallest absolute Gasteiger partial charge is 0.0143 e. The van der Waals surface area contributed by atoms with Crippen LogP contribution in [0.25, 0.3) is 21.5 Å². The van der Waals surface area contributed by atoms with E-state index in [1.165, 1.54) is 33.5 Å². The Morgan fingerprint density at radius 2 is 1.25 bits per heavy atom. The van der Waals surface area contributed by atoms with Gasteiger partial charge in [0.15, 0.2) is 0 Å². The minimum atomic E-state index is 0. The monoisotopic (exact) mass is 266 g/mol. The van der Waals surface area contributed by atoms with E-state index in [9.17, 15) is 0 Å². The maximum atomic E-state index is 2.33. The van der Waals surface area contributed by atoms with Crippen molar-refractivity contribution in [3.8, 4) is 0 Å². The Morgan fingerprint density at radius 3 is 1.70 bits per heavy atom. The molecule has 20 heavy (non-hydrogen) atoms. The van der Waals surface area contributed by atoms with Gasteiger partial charge in [0.05, 0.1) is 0 Å². The molecule has 0 fully saturated rings. The minimum absolute atomic E-state index is 0. The van der Waals surface area contributed by atoms with Gasteiger partial charge in [0.25, 0.3) is 0 Å². The molecule has 0 aromatic heterocycles. The average Bonchev–Trinajstić information content (AvgIpc) is 2.44. The predicted molar refractivity (Wildman–Crippen MR) is 93.6 cm³/mol. The first-order chi connectivity index (χ1) is 8.81. The lowest BCUT2D eigenvalue weighted by molar-refractivity contribution is 0.745. The Morgan fingerprint density at radius 1 is 0.800 bits per heavy atom. The van der Waals surface area contributed by atoms with Gasteiger partial charge in [-0.2, -0.15) is 0 Å². The second kappa shape index (κ2) is 6.56.